The highest BCUT2D eigenvalue weighted by Crippen LogP contribution is 2.38. The third-order valence-electron chi connectivity index (χ3n) is 4.74. The van der Waals surface area contributed by atoms with Gasteiger partial charge in [0.25, 0.3) is 5.89 Å². The maximum Gasteiger partial charge on any atom is 0.258 e. The van der Waals surface area contributed by atoms with Crippen LogP contribution in [0.1, 0.15) is 36.2 Å². The van der Waals surface area contributed by atoms with E-state index in [4.69, 9.17) is 10.3 Å². The predicted octanol–water partition coefficient (Wildman–Crippen LogP) is 2.36. The summed E-state index contributed by atoms with van der Waals surface area (Å²) in [5, 5.41) is 3.99. The lowest BCUT2D eigenvalue weighted by molar-refractivity contribution is 0.229. The van der Waals surface area contributed by atoms with Crippen molar-refractivity contribution in [3.8, 4) is 11.5 Å². The fourth-order valence-corrected chi connectivity index (χ4v) is 3.96. The Balaban J connectivity index is 0.00000225. The first-order valence-electron chi connectivity index (χ1n) is 7.82. The van der Waals surface area contributed by atoms with E-state index in [1.165, 1.54) is 18.4 Å². The average molecular weight is 387 g/mol. The summed E-state index contributed by atoms with van der Waals surface area (Å²) in [6.07, 6.45) is 2.72. The number of hydrogen-bond donors (Lipinski definition) is 1. The maximum absolute atomic E-state index is 12.5. The van der Waals surface area contributed by atoms with Crippen LogP contribution in [-0.2, 0) is 15.6 Å². The molecular weight excluding hydrogens is 364 g/mol. The third kappa shape index (κ3) is 3.31. The Morgan fingerprint density at radius 2 is 1.88 bits per heavy atom. The van der Waals surface area contributed by atoms with E-state index in [-0.39, 0.29) is 17.3 Å². The number of hydrogen-bond acceptors (Lipinski definition) is 6. The summed E-state index contributed by atoms with van der Waals surface area (Å²) in [4.78, 5) is 4.65. The number of benzene rings is 1. The molecule has 1 aromatic carbocycles. The molecule has 0 amide bonds. The second kappa shape index (κ2) is 6.68. The van der Waals surface area contributed by atoms with E-state index >= 15 is 0 Å². The Labute approximate surface area is 154 Å². The lowest BCUT2D eigenvalue weighted by atomic mass is 9.77. The molecule has 1 heterocycles. The van der Waals surface area contributed by atoms with E-state index in [0.29, 0.717) is 22.8 Å². The highest BCUT2D eigenvalue weighted by molar-refractivity contribution is 7.89. The van der Waals surface area contributed by atoms with Crippen LogP contribution < -0.4 is 5.73 Å². The molecule has 138 valence electrons. The van der Waals surface area contributed by atoms with Crippen molar-refractivity contribution in [1.29, 1.82) is 0 Å². The van der Waals surface area contributed by atoms with E-state index in [1.54, 1.807) is 13.0 Å². The fraction of sp³-hybridized carbons (Fsp3) is 0.500. The maximum atomic E-state index is 12.5. The highest BCUT2D eigenvalue weighted by atomic mass is 35.5. The normalized spacial score (nSPS) is 16.4. The van der Waals surface area contributed by atoms with Crippen molar-refractivity contribution in [1.82, 2.24) is 14.4 Å². The van der Waals surface area contributed by atoms with Crippen LogP contribution in [0.2, 0.25) is 0 Å². The molecule has 1 aliphatic carbocycles. The summed E-state index contributed by atoms with van der Waals surface area (Å²) < 4.78 is 31.6. The Hall–Kier alpha value is -1.48. The molecule has 0 saturated heterocycles. The van der Waals surface area contributed by atoms with Crippen LogP contribution in [0.4, 0.5) is 0 Å². The molecule has 0 atom stereocenters. The molecule has 9 heteroatoms. The van der Waals surface area contributed by atoms with Crippen molar-refractivity contribution in [3.63, 3.8) is 0 Å². The van der Waals surface area contributed by atoms with Gasteiger partial charge in [-0.05, 0) is 56.4 Å². The van der Waals surface area contributed by atoms with Crippen LogP contribution >= 0.6 is 12.4 Å². The minimum absolute atomic E-state index is 0. The number of aromatic nitrogens is 2. The standard InChI is InChI=1S/C16H22N4O3S.ClH/c1-10-8-12(9-13(11(10)2)24(21,22)20(3)4)14-18-15(19-23-14)16(17)6-5-7-16;/h8-9H,5-7,17H2,1-4H3;1H. The van der Waals surface area contributed by atoms with Crippen molar-refractivity contribution < 1.29 is 12.9 Å². The van der Waals surface area contributed by atoms with Gasteiger partial charge in [-0.1, -0.05) is 5.16 Å². The number of aryl methyl sites for hydroxylation is 1. The van der Waals surface area contributed by atoms with E-state index in [2.05, 4.69) is 10.1 Å². The molecular formula is C16H23ClN4O3S. The minimum atomic E-state index is -3.56. The van der Waals surface area contributed by atoms with Gasteiger partial charge in [0, 0.05) is 19.7 Å². The summed E-state index contributed by atoms with van der Waals surface area (Å²) in [6.45, 7) is 3.65. The van der Waals surface area contributed by atoms with Gasteiger partial charge in [-0.15, -0.1) is 12.4 Å². The summed E-state index contributed by atoms with van der Waals surface area (Å²) in [5.41, 5.74) is 7.85. The summed E-state index contributed by atoms with van der Waals surface area (Å²) in [5.74, 6) is 0.777. The molecule has 1 aliphatic rings. The first kappa shape index (κ1) is 19.8. The van der Waals surface area contributed by atoms with Crippen molar-refractivity contribution in [2.24, 2.45) is 5.73 Å². The van der Waals surface area contributed by atoms with Gasteiger partial charge < -0.3 is 10.3 Å². The van der Waals surface area contributed by atoms with Crippen molar-refractivity contribution in [2.75, 3.05) is 14.1 Å². The summed E-state index contributed by atoms with van der Waals surface area (Å²) in [6, 6.07) is 3.43. The number of nitrogens with zero attached hydrogens (tertiary/aromatic N) is 3. The smallest absolute Gasteiger partial charge is 0.258 e. The van der Waals surface area contributed by atoms with Crippen LogP contribution in [0.15, 0.2) is 21.6 Å². The monoisotopic (exact) mass is 386 g/mol. The Morgan fingerprint density at radius 3 is 2.40 bits per heavy atom. The lowest BCUT2D eigenvalue weighted by Crippen LogP contribution is -2.44. The zero-order chi connectivity index (χ0) is 17.7. The molecule has 1 aromatic heterocycles. The molecule has 0 unspecified atom stereocenters. The van der Waals surface area contributed by atoms with E-state index in [1.807, 2.05) is 13.0 Å². The van der Waals surface area contributed by atoms with E-state index in [0.717, 1.165) is 24.8 Å². The van der Waals surface area contributed by atoms with Gasteiger partial charge in [-0.3, -0.25) is 0 Å². The van der Waals surface area contributed by atoms with E-state index in [9.17, 15) is 8.42 Å². The summed E-state index contributed by atoms with van der Waals surface area (Å²) >= 11 is 0. The Kier molecular flexibility index (Phi) is 5.30. The first-order valence-corrected chi connectivity index (χ1v) is 9.26. The zero-order valence-electron chi connectivity index (χ0n) is 14.7. The van der Waals surface area contributed by atoms with Crippen molar-refractivity contribution >= 4 is 22.4 Å². The van der Waals surface area contributed by atoms with Gasteiger partial charge in [0.2, 0.25) is 10.0 Å². The van der Waals surface area contributed by atoms with Crippen molar-refractivity contribution in [3.05, 3.63) is 29.1 Å². The minimum Gasteiger partial charge on any atom is -0.334 e. The quantitative estimate of drug-likeness (QED) is 0.865. The number of sulfonamides is 1. The van der Waals surface area contributed by atoms with Gasteiger partial charge in [0.15, 0.2) is 5.82 Å². The molecule has 3 rings (SSSR count). The average Bonchev–Trinajstić information content (AvgIpc) is 2.97. The molecule has 0 radical (unpaired) electrons. The van der Waals surface area contributed by atoms with Crippen LogP contribution in [0, 0.1) is 13.8 Å². The van der Waals surface area contributed by atoms with E-state index < -0.39 is 15.6 Å². The third-order valence-corrected chi connectivity index (χ3v) is 6.68. The summed E-state index contributed by atoms with van der Waals surface area (Å²) in [7, 11) is -0.536. The predicted molar refractivity (Wildman–Crippen MR) is 97.0 cm³/mol. The molecule has 1 saturated carbocycles. The second-order valence-corrected chi connectivity index (χ2v) is 8.76. The zero-order valence-corrected chi connectivity index (χ0v) is 16.4. The fourth-order valence-electron chi connectivity index (χ4n) is 2.74. The number of nitrogens with two attached hydrogens (primary N) is 1. The Bertz CT molecular complexity index is 889. The molecule has 0 bridgehead atoms. The molecule has 2 N–H and O–H groups in total. The highest BCUT2D eigenvalue weighted by Gasteiger charge is 2.39. The molecule has 0 spiro atoms. The topological polar surface area (TPSA) is 102 Å². The number of rotatable bonds is 4. The second-order valence-electron chi connectivity index (χ2n) is 6.64. The van der Waals surface area contributed by atoms with Crippen LogP contribution in [0.5, 0.6) is 0 Å². The van der Waals surface area contributed by atoms with Gasteiger partial charge in [0.05, 0.1) is 10.4 Å². The van der Waals surface area contributed by atoms with Gasteiger partial charge >= 0.3 is 0 Å². The van der Waals surface area contributed by atoms with Gasteiger partial charge in [-0.25, -0.2) is 12.7 Å². The molecule has 25 heavy (non-hydrogen) atoms. The molecule has 0 aliphatic heterocycles. The van der Waals surface area contributed by atoms with Crippen LogP contribution in [0.25, 0.3) is 11.5 Å². The molecule has 1 fully saturated rings. The van der Waals surface area contributed by atoms with Crippen molar-refractivity contribution in [2.45, 2.75) is 43.5 Å². The number of halogens is 1. The van der Waals surface area contributed by atoms with Crippen LogP contribution in [0.3, 0.4) is 0 Å². The lowest BCUT2D eigenvalue weighted by Gasteiger charge is -2.34. The largest absolute Gasteiger partial charge is 0.334 e. The molecule has 7 nitrogen and oxygen atoms in total. The van der Waals surface area contributed by atoms with Gasteiger partial charge in [0.1, 0.15) is 0 Å². The van der Waals surface area contributed by atoms with Gasteiger partial charge in [-0.2, -0.15) is 4.98 Å². The Morgan fingerprint density at radius 1 is 1.24 bits per heavy atom. The molecule has 2 aromatic rings. The SMILES string of the molecule is Cc1cc(-c2nc(C3(N)CCC3)no2)cc(S(=O)(=O)N(C)C)c1C.Cl. The van der Waals surface area contributed by atoms with Crippen LogP contribution in [-0.4, -0.2) is 37.0 Å². The first-order chi connectivity index (χ1) is 11.1.